The second-order valence-electron chi connectivity index (χ2n) is 5.75. The van der Waals surface area contributed by atoms with Crippen molar-refractivity contribution in [3.63, 3.8) is 0 Å². The molecule has 0 aromatic heterocycles. The monoisotopic (exact) mass is 315 g/mol. The Labute approximate surface area is 127 Å². The molecule has 0 bridgehead atoms. The SMILES string of the molecule is Cc1ccc(C(=O)N[C@@H]2CCC[C@@H](OCC(F)(F)F)C2)cc1. The number of carbonyl (C=O) groups is 1. The van der Waals surface area contributed by atoms with E-state index in [0.29, 0.717) is 18.4 Å². The van der Waals surface area contributed by atoms with Gasteiger partial charge in [0.05, 0.1) is 6.10 Å². The lowest BCUT2D eigenvalue weighted by Crippen LogP contribution is -2.41. The fourth-order valence-electron chi connectivity index (χ4n) is 2.61. The third-order valence-corrected chi connectivity index (χ3v) is 3.76. The quantitative estimate of drug-likeness (QED) is 0.921. The van der Waals surface area contributed by atoms with Crippen LogP contribution in [-0.2, 0) is 4.74 Å². The number of amides is 1. The number of aryl methyl sites for hydroxylation is 1. The highest BCUT2D eigenvalue weighted by Crippen LogP contribution is 2.24. The predicted molar refractivity (Wildman–Crippen MR) is 76.7 cm³/mol. The number of benzene rings is 1. The van der Waals surface area contributed by atoms with E-state index in [-0.39, 0.29) is 11.9 Å². The molecule has 1 aliphatic carbocycles. The molecule has 0 unspecified atom stereocenters. The summed E-state index contributed by atoms with van der Waals surface area (Å²) in [6.45, 7) is 0.710. The molecule has 0 aliphatic heterocycles. The maximum atomic E-state index is 12.2. The van der Waals surface area contributed by atoms with Crippen molar-refractivity contribution in [2.45, 2.75) is 50.9 Å². The number of alkyl halides is 3. The molecule has 2 rings (SSSR count). The van der Waals surface area contributed by atoms with E-state index in [4.69, 9.17) is 4.74 Å². The van der Waals surface area contributed by atoms with Crippen LogP contribution in [0.25, 0.3) is 0 Å². The van der Waals surface area contributed by atoms with Crippen molar-refractivity contribution in [3.05, 3.63) is 35.4 Å². The van der Waals surface area contributed by atoms with Gasteiger partial charge in [0.2, 0.25) is 0 Å². The van der Waals surface area contributed by atoms with Gasteiger partial charge in [0.25, 0.3) is 5.91 Å². The molecule has 0 saturated heterocycles. The van der Waals surface area contributed by atoms with Gasteiger partial charge in [0.1, 0.15) is 6.61 Å². The lowest BCUT2D eigenvalue weighted by atomic mass is 9.92. The minimum atomic E-state index is -4.31. The van der Waals surface area contributed by atoms with Crippen molar-refractivity contribution < 1.29 is 22.7 Å². The molecule has 1 aromatic rings. The van der Waals surface area contributed by atoms with E-state index in [1.807, 2.05) is 19.1 Å². The van der Waals surface area contributed by atoms with E-state index in [1.54, 1.807) is 12.1 Å². The first-order valence-electron chi connectivity index (χ1n) is 7.39. The van der Waals surface area contributed by atoms with E-state index in [9.17, 15) is 18.0 Å². The molecule has 22 heavy (non-hydrogen) atoms. The number of halogens is 3. The smallest absolute Gasteiger partial charge is 0.369 e. The van der Waals surface area contributed by atoms with E-state index in [0.717, 1.165) is 18.4 Å². The van der Waals surface area contributed by atoms with Gasteiger partial charge in [-0.3, -0.25) is 4.79 Å². The van der Waals surface area contributed by atoms with E-state index in [1.165, 1.54) is 0 Å². The summed E-state index contributed by atoms with van der Waals surface area (Å²) in [5.41, 5.74) is 1.62. The van der Waals surface area contributed by atoms with Gasteiger partial charge in [0, 0.05) is 11.6 Å². The normalized spacial score (nSPS) is 22.4. The first-order chi connectivity index (χ1) is 10.3. The van der Waals surface area contributed by atoms with Crippen LogP contribution in [0.3, 0.4) is 0 Å². The molecule has 1 N–H and O–H groups in total. The minimum Gasteiger partial charge on any atom is -0.369 e. The molecule has 2 atom stereocenters. The summed E-state index contributed by atoms with van der Waals surface area (Å²) in [5, 5.41) is 2.88. The molecule has 1 fully saturated rings. The van der Waals surface area contributed by atoms with Crippen LogP contribution in [0.1, 0.15) is 41.6 Å². The molecule has 0 radical (unpaired) electrons. The maximum Gasteiger partial charge on any atom is 0.411 e. The maximum absolute atomic E-state index is 12.2. The summed E-state index contributed by atoms with van der Waals surface area (Å²) >= 11 is 0. The number of ether oxygens (including phenoxy) is 1. The molecule has 1 aliphatic rings. The summed E-state index contributed by atoms with van der Waals surface area (Å²) < 4.78 is 41.4. The average Bonchev–Trinajstić information content (AvgIpc) is 2.45. The van der Waals surface area contributed by atoms with Crippen molar-refractivity contribution in [1.82, 2.24) is 5.32 Å². The number of carbonyl (C=O) groups excluding carboxylic acids is 1. The molecule has 6 heteroatoms. The molecular weight excluding hydrogens is 295 g/mol. The van der Waals surface area contributed by atoms with Gasteiger partial charge in [-0.15, -0.1) is 0 Å². The van der Waals surface area contributed by atoms with Crippen LogP contribution >= 0.6 is 0 Å². The highest BCUT2D eigenvalue weighted by molar-refractivity contribution is 5.94. The fraction of sp³-hybridized carbons (Fsp3) is 0.562. The Kier molecular flexibility index (Phi) is 5.45. The van der Waals surface area contributed by atoms with Gasteiger partial charge in [-0.1, -0.05) is 17.7 Å². The first-order valence-corrected chi connectivity index (χ1v) is 7.39. The molecule has 3 nitrogen and oxygen atoms in total. The fourth-order valence-corrected chi connectivity index (χ4v) is 2.61. The van der Waals surface area contributed by atoms with Gasteiger partial charge < -0.3 is 10.1 Å². The standard InChI is InChI=1S/C16H20F3NO2/c1-11-5-7-12(8-6-11)15(21)20-13-3-2-4-14(9-13)22-10-16(17,18)19/h5-8,13-14H,2-4,9-10H2,1H3,(H,20,21)/t13-,14-/m1/s1. The Balaban J connectivity index is 1.84. The van der Waals surface area contributed by atoms with E-state index >= 15 is 0 Å². The molecule has 0 spiro atoms. The predicted octanol–water partition coefficient (Wildman–Crippen LogP) is 3.61. The third kappa shape index (κ3) is 5.33. The van der Waals surface area contributed by atoms with Crippen molar-refractivity contribution >= 4 is 5.91 Å². The number of hydrogen-bond donors (Lipinski definition) is 1. The average molecular weight is 315 g/mol. The van der Waals surface area contributed by atoms with Crippen LogP contribution in [0, 0.1) is 6.92 Å². The molecular formula is C16H20F3NO2. The van der Waals surface area contributed by atoms with Crippen LogP contribution in [0.15, 0.2) is 24.3 Å². The van der Waals surface area contributed by atoms with Crippen LogP contribution in [0.5, 0.6) is 0 Å². The molecule has 0 heterocycles. The van der Waals surface area contributed by atoms with E-state index < -0.39 is 18.9 Å². The van der Waals surface area contributed by atoms with Crippen molar-refractivity contribution in [2.24, 2.45) is 0 Å². The van der Waals surface area contributed by atoms with Crippen LogP contribution < -0.4 is 5.32 Å². The van der Waals surface area contributed by atoms with Gasteiger partial charge in [-0.2, -0.15) is 13.2 Å². The van der Waals surface area contributed by atoms with Gasteiger partial charge >= 0.3 is 6.18 Å². The zero-order valence-electron chi connectivity index (χ0n) is 12.5. The molecule has 1 aromatic carbocycles. The van der Waals surface area contributed by atoms with E-state index in [2.05, 4.69) is 5.32 Å². The van der Waals surface area contributed by atoms with Gasteiger partial charge in [-0.05, 0) is 44.7 Å². The molecule has 1 saturated carbocycles. The minimum absolute atomic E-state index is 0.138. The zero-order valence-corrected chi connectivity index (χ0v) is 12.5. The van der Waals surface area contributed by atoms with Crippen LogP contribution in [0.4, 0.5) is 13.2 Å². The lowest BCUT2D eigenvalue weighted by molar-refractivity contribution is -0.188. The molecule has 122 valence electrons. The highest BCUT2D eigenvalue weighted by atomic mass is 19.4. The Hall–Kier alpha value is -1.56. The number of rotatable bonds is 4. The Morgan fingerprint density at radius 1 is 1.27 bits per heavy atom. The second kappa shape index (κ2) is 7.13. The van der Waals surface area contributed by atoms with Gasteiger partial charge in [-0.25, -0.2) is 0 Å². The summed E-state index contributed by atoms with van der Waals surface area (Å²) in [4.78, 5) is 12.1. The van der Waals surface area contributed by atoms with Crippen LogP contribution in [-0.4, -0.2) is 30.8 Å². The topological polar surface area (TPSA) is 38.3 Å². The summed E-state index contributed by atoms with van der Waals surface area (Å²) in [6.07, 6.45) is -2.21. The molecule has 1 amide bonds. The summed E-state index contributed by atoms with van der Waals surface area (Å²) in [6, 6.07) is 7.05. The van der Waals surface area contributed by atoms with Crippen molar-refractivity contribution in [3.8, 4) is 0 Å². The largest absolute Gasteiger partial charge is 0.411 e. The highest BCUT2D eigenvalue weighted by Gasteiger charge is 2.31. The van der Waals surface area contributed by atoms with Crippen LogP contribution in [0.2, 0.25) is 0 Å². The Bertz CT molecular complexity index is 499. The second-order valence-corrected chi connectivity index (χ2v) is 5.75. The van der Waals surface area contributed by atoms with Crippen molar-refractivity contribution in [2.75, 3.05) is 6.61 Å². The Morgan fingerprint density at radius 3 is 2.59 bits per heavy atom. The lowest BCUT2D eigenvalue weighted by Gasteiger charge is -2.30. The summed E-state index contributed by atoms with van der Waals surface area (Å²) in [7, 11) is 0. The van der Waals surface area contributed by atoms with Crippen molar-refractivity contribution in [1.29, 1.82) is 0 Å². The third-order valence-electron chi connectivity index (χ3n) is 3.76. The number of hydrogen-bond acceptors (Lipinski definition) is 2. The van der Waals surface area contributed by atoms with Gasteiger partial charge in [0.15, 0.2) is 0 Å². The Morgan fingerprint density at radius 2 is 1.95 bits per heavy atom. The number of nitrogens with one attached hydrogen (secondary N) is 1. The first kappa shape index (κ1) is 16.8. The summed E-state index contributed by atoms with van der Waals surface area (Å²) in [5.74, 6) is -0.193. The zero-order chi connectivity index (χ0) is 16.2.